The smallest absolute Gasteiger partial charge is 0.330 e. The third-order valence-electron chi connectivity index (χ3n) is 3.36. The summed E-state index contributed by atoms with van der Waals surface area (Å²) in [6, 6.07) is 11.2. The van der Waals surface area contributed by atoms with E-state index in [9.17, 15) is 15.0 Å². The molecular formula is C16H13O8P. The lowest BCUT2D eigenvalue weighted by Gasteiger charge is -2.12. The van der Waals surface area contributed by atoms with Crippen molar-refractivity contribution in [2.45, 2.75) is 0 Å². The van der Waals surface area contributed by atoms with Gasteiger partial charge in [-0.15, -0.1) is 0 Å². The Balaban J connectivity index is 2.13. The van der Waals surface area contributed by atoms with Crippen LogP contribution in [-0.4, -0.2) is 26.8 Å². The summed E-state index contributed by atoms with van der Waals surface area (Å²) >= 11 is 0. The van der Waals surface area contributed by atoms with Crippen LogP contribution in [0.25, 0.3) is 22.3 Å². The molecule has 1 heterocycles. The van der Waals surface area contributed by atoms with E-state index in [1.807, 2.05) is 6.07 Å². The summed E-state index contributed by atoms with van der Waals surface area (Å²) in [7, 11) is -2.67. The van der Waals surface area contributed by atoms with Gasteiger partial charge in [0.15, 0.2) is 23.7 Å². The lowest BCUT2D eigenvalue weighted by atomic mass is 10.1. The van der Waals surface area contributed by atoms with E-state index >= 15 is 0 Å². The Bertz CT molecular complexity index is 952. The fourth-order valence-electron chi connectivity index (χ4n) is 2.28. The molecule has 0 unspecified atom stereocenters. The maximum absolute atomic E-state index is 12.5. The molecule has 0 radical (unpaired) electrons. The largest absolute Gasteiger partial charge is 0.504 e. The first-order valence-corrected chi connectivity index (χ1v) is 8.15. The van der Waals surface area contributed by atoms with Gasteiger partial charge in [-0.2, -0.15) is 0 Å². The number of hydrogen-bond donors (Lipinski definition) is 4. The average Bonchev–Trinajstić information content (AvgIpc) is 2.58. The Labute approximate surface area is 142 Å². The molecule has 8 nitrogen and oxygen atoms in total. The third kappa shape index (κ3) is 3.57. The highest BCUT2D eigenvalue weighted by Gasteiger charge is 2.20. The molecule has 0 fully saturated rings. The summed E-state index contributed by atoms with van der Waals surface area (Å²) in [5.41, 5.74) is 0.138. The molecule has 0 aliphatic rings. The molecule has 0 saturated heterocycles. The van der Waals surface area contributed by atoms with Crippen LogP contribution in [0.3, 0.4) is 0 Å². The SMILES string of the molecule is O=c1cc(-c2ccccc2)oc2cc(O)c(O)c(OCOP(O)O)c12. The van der Waals surface area contributed by atoms with Crippen LogP contribution in [0.5, 0.6) is 17.2 Å². The maximum Gasteiger partial charge on any atom is 0.330 e. The van der Waals surface area contributed by atoms with Crippen LogP contribution >= 0.6 is 8.60 Å². The van der Waals surface area contributed by atoms with Crippen LogP contribution in [0, 0.1) is 0 Å². The molecule has 0 aliphatic carbocycles. The van der Waals surface area contributed by atoms with Gasteiger partial charge in [0, 0.05) is 17.7 Å². The van der Waals surface area contributed by atoms with Crippen molar-refractivity contribution in [3.63, 3.8) is 0 Å². The average molecular weight is 364 g/mol. The molecule has 0 saturated carbocycles. The minimum Gasteiger partial charge on any atom is -0.504 e. The predicted octanol–water partition coefficient (Wildman–Crippen LogP) is 2.44. The number of fused-ring (bicyclic) bond motifs is 1. The minimum atomic E-state index is -2.67. The van der Waals surface area contributed by atoms with Crippen LogP contribution in [0.4, 0.5) is 0 Å². The van der Waals surface area contributed by atoms with E-state index in [2.05, 4.69) is 4.52 Å². The monoisotopic (exact) mass is 364 g/mol. The normalized spacial score (nSPS) is 11.2. The van der Waals surface area contributed by atoms with Gasteiger partial charge in [0.05, 0.1) is 0 Å². The number of aromatic hydroxyl groups is 2. The first-order valence-electron chi connectivity index (χ1n) is 6.99. The van der Waals surface area contributed by atoms with Crippen LogP contribution in [0.1, 0.15) is 0 Å². The van der Waals surface area contributed by atoms with Gasteiger partial charge in [0.2, 0.25) is 5.75 Å². The van der Waals surface area contributed by atoms with Gasteiger partial charge in [-0.3, -0.25) is 9.32 Å². The standard InChI is InChI=1S/C16H13O8P/c17-10-6-12(9-4-2-1-3-5-9)24-13-7-11(18)15(19)16(14(10)13)22-8-23-25(20)21/h1-7,18-21H,8H2. The molecule has 0 bridgehead atoms. The Kier molecular flexibility index (Phi) is 4.87. The zero-order valence-corrected chi connectivity index (χ0v) is 13.5. The molecule has 0 spiro atoms. The molecular weight excluding hydrogens is 351 g/mol. The van der Waals surface area contributed by atoms with E-state index in [4.69, 9.17) is 18.9 Å². The molecule has 3 aromatic rings. The summed E-state index contributed by atoms with van der Waals surface area (Å²) in [4.78, 5) is 29.9. The fraction of sp³-hybridized carbons (Fsp3) is 0.0625. The maximum atomic E-state index is 12.5. The van der Waals surface area contributed by atoms with E-state index in [0.29, 0.717) is 5.56 Å². The second-order valence-electron chi connectivity index (χ2n) is 4.93. The molecule has 130 valence electrons. The summed E-state index contributed by atoms with van der Waals surface area (Å²) in [5.74, 6) is -1.35. The number of ether oxygens (including phenoxy) is 1. The molecule has 3 rings (SSSR count). The zero-order valence-electron chi connectivity index (χ0n) is 12.6. The fourth-order valence-corrected chi connectivity index (χ4v) is 2.43. The van der Waals surface area contributed by atoms with Crippen molar-refractivity contribution in [1.29, 1.82) is 0 Å². The van der Waals surface area contributed by atoms with Crippen molar-refractivity contribution in [3.05, 3.63) is 52.7 Å². The van der Waals surface area contributed by atoms with Crippen molar-refractivity contribution < 1.29 is 33.7 Å². The van der Waals surface area contributed by atoms with E-state index in [1.54, 1.807) is 24.3 Å². The number of rotatable bonds is 5. The number of hydrogen-bond acceptors (Lipinski definition) is 8. The van der Waals surface area contributed by atoms with Gasteiger partial charge in [0.1, 0.15) is 16.7 Å². The molecule has 0 atom stereocenters. The van der Waals surface area contributed by atoms with Crippen molar-refractivity contribution in [2.75, 3.05) is 6.79 Å². The highest BCUT2D eigenvalue weighted by molar-refractivity contribution is 7.39. The lowest BCUT2D eigenvalue weighted by Crippen LogP contribution is -2.06. The first kappa shape index (κ1) is 17.2. The quantitative estimate of drug-likeness (QED) is 0.309. The van der Waals surface area contributed by atoms with Crippen molar-refractivity contribution >= 4 is 19.6 Å². The number of phenolic OH excluding ortho intramolecular Hbond substituents is 2. The summed E-state index contributed by atoms with van der Waals surface area (Å²) < 4.78 is 15.2. The van der Waals surface area contributed by atoms with Crippen molar-refractivity contribution in [2.24, 2.45) is 0 Å². The van der Waals surface area contributed by atoms with Gasteiger partial charge in [-0.05, 0) is 0 Å². The second kappa shape index (κ2) is 7.08. The highest BCUT2D eigenvalue weighted by Crippen LogP contribution is 2.42. The second-order valence-corrected chi connectivity index (χ2v) is 5.70. The van der Waals surface area contributed by atoms with Crippen LogP contribution in [0.2, 0.25) is 0 Å². The van der Waals surface area contributed by atoms with Gasteiger partial charge < -0.3 is 29.2 Å². The third-order valence-corrected chi connectivity index (χ3v) is 3.69. The van der Waals surface area contributed by atoms with Gasteiger partial charge in [-0.25, -0.2) is 0 Å². The van der Waals surface area contributed by atoms with Crippen LogP contribution < -0.4 is 10.2 Å². The van der Waals surface area contributed by atoms with E-state index in [-0.39, 0.29) is 22.5 Å². The lowest BCUT2D eigenvalue weighted by molar-refractivity contribution is 0.103. The van der Waals surface area contributed by atoms with E-state index < -0.39 is 32.3 Å². The molecule has 4 N–H and O–H groups in total. The van der Waals surface area contributed by atoms with Crippen molar-refractivity contribution in [3.8, 4) is 28.6 Å². The van der Waals surface area contributed by atoms with E-state index in [0.717, 1.165) is 6.07 Å². The highest BCUT2D eigenvalue weighted by atomic mass is 31.2. The minimum absolute atomic E-state index is 0.00749. The van der Waals surface area contributed by atoms with Gasteiger partial charge in [0.25, 0.3) is 0 Å². The zero-order chi connectivity index (χ0) is 18.0. The molecule has 9 heteroatoms. The summed E-state index contributed by atoms with van der Waals surface area (Å²) in [5, 5.41) is 19.7. The molecule has 2 aromatic carbocycles. The van der Waals surface area contributed by atoms with Crippen molar-refractivity contribution in [1.82, 2.24) is 0 Å². The Morgan fingerprint density at radius 2 is 1.80 bits per heavy atom. The first-order chi connectivity index (χ1) is 12.0. The Hall–Kier alpha value is -2.64. The molecule has 25 heavy (non-hydrogen) atoms. The molecule has 0 aliphatic heterocycles. The van der Waals surface area contributed by atoms with E-state index in [1.165, 1.54) is 6.07 Å². The van der Waals surface area contributed by atoms with Crippen LogP contribution in [-0.2, 0) is 4.52 Å². The summed E-state index contributed by atoms with van der Waals surface area (Å²) in [6.07, 6.45) is 0. The number of benzene rings is 2. The van der Waals surface area contributed by atoms with Gasteiger partial charge >= 0.3 is 8.60 Å². The molecule has 1 aromatic heterocycles. The van der Waals surface area contributed by atoms with Gasteiger partial charge in [-0.1, -0.05) is 30.3 Å². The Morgan fingerprint density at radius 1 is 1.08 bits per heavy atom. The number of phenols is 2. The summed E-state index contributed by atoms with van der Waals surface area (Å²) in [6.45, 7) is -0.648. The topological polar surface area (TPSA) is 130 Å². The van der Waals surface area contributed by atoms with Crippen LogP contribution in [0.15, 0.2) is 51.7 Å². The Morgan fingerprint density at radius 3 is 2.48 bits per heavy atom. The predicted molar refractivity (Wildman–Crippen MR) is 89.2 cm³/mol. The molecule has 0 amide bonds.